The molecular formula is C20H20N4O2. The van der Waals surface area contributed by atoms with E-state index in [9.17, 15) is 4.79 Å². The van der Waals surface area contributed by atoms with Gasteiger partial charge in [0, 0.05) is 30.7 Å². The molecule has 0 N–H and O–H groups in total. The maximum atomic E-state index is 13.1. The summed E-state index contributed by atoms with van der Waals surface area (Å²) >= 11 is 0. The van der Waals surface area contributed by atoms with E-state index >= 15 is 0 Å². The minimum atomic E-state index is -0.112. The Labute approximate surface area is 152 Å². The Kier molecular flexibility index (Phi) is 4.50. The molecule has 1 fully saturated rings. The molecule has 1 aliphatic rings. The summed E-state index contributed by atoms with van der Waals surface area (Å²) < 4.78 is 7.84. The molecule has 0 spiro atoms. The number of carbonyl (C=O) groups excluding carboxylic acids is 1. The molecule has 0 bridgehead atoms. The molecule has 26 heavy (non-hydrogen) atoms. The molecule has 0 saturated carbocycles. The van der Waals surface area contributed by atoms with E-state index in [1.54, 1.807) is 41.6 Å². The van der Waals surface area contributed by atoms with Crippen molar-refractivity contribution >= 4 is 5.91 Å². The maximum Gasteiger partial charge on any atom is 0.254 e. The van der Waals surface area contributed by atoms with Gasteiger partial charge in [-0.2, -0.15) is 0 Å². The molecule has 3 heterocycles. The highest BCUT2D eigenvalue weighted by Crippen LogP contribution is 2.26. The summed E-state index contributed by atoms with van der Waals surface area (Å²) in [4.78, 5) is 23.3. The van der Waals surface area contributed by atoms with Gasteiger partial charge < -0.3 is 9.64 Å². The van der Waals surface area contributed by atoms with Crippen molar-refractivity contribution in [3.63, 3.8) is 0 Å². The number of nitrogens with zero attached hydrogens (tertiary/aromatic N) is 4. The van der Waals surface area contributed by atoms with Crippen LogP contribution in [0.5, 0.6) is 0 Å². The van der Waals surface area contributed by atoms with E-state index in [-0.39, 0.29) is 18.1 Å². The molecular weight excluding hydrogens is 328 g/mol. The third kappa shape index (κ3) is 3.36. The monoisotopic (exact) mass is 348 g/mol. The second-order valence-electron chi connectivity index (χ2n) is 6.43. The van der Waals surface area contributed by atoms with Crippen LogP contribution in [-0.2, 0) is 4.74 Å². The van der Waals surface area contributed by atoms with Crippen LogP contribution >= 0.6 is 0 Å². The smallest absolute Gasteiger partial charge is 0.254 e. The number of pyridine rings is 1. The first-order valence-electron chi connectivity index (χ1n) is 8.65. The number of carbonyl (C=O) groups is 1. The highest BCUT2D eigenvalue weighted by molar-refractivity contribution is 5.94. The minimum Gasteiger partial charge on any atom is -0.367 e. The van der Waals surface area contributed by atoms with E-state index in [1.807, 2.05) is 42.2 Å². The number of amides is 1. The van der Waals surface area contributed by atoms with Gasteiger partial charge in [0.1, 0.15) is 18.2 Å². The Morgan fingerprint density at radius 3 is 2.77 bits per heavy atom. The van der Waals surface area contributed by atoms with Crippen molar-refractivity contribution in [2.45, 2.75) is 19.1 Å². The standard InChI is InChI=1S/C20H20N4O2/c1-15-12-24(13-18(26-15)16-5-3-2-4-6-16)20(25)17-7-8-22-19(11-17)23-10-9-21-14-23/h2-11,14-15,18H,12-13H2,1H3/t15-,18-/m0/s1. The van der Waals surface area contributed by atoms with Gasteiger partial charge in [0.05, 0.1) is 12.6 Å². The first-order chi connectivity index (χ1) is 12.7. The van der Waals surface area contributed by atoms with Gasteiger partial charge in [-0.25, -0.2) is 9.97 Å². The topological polar surface area (TPSA) is 60.2 Å². The second kappa shape index (κ2) is 7.09. The van der Waals surface area contributed by atoms with Gasteiger partial charge in [-0.1, -0.05) is 30.3 Å². The van der Waals surface area contributed by atoms with Crippen molar-refractivity contribution in [1.29, 1.82) is 0 Å². The quantitative estimate of drug-likeness (QED) is 0.730. The zero-order valence-corrected chi connectivity index (χ0v) is 14.5. The lowest BCUT2D eigenvalue weighted by Gasteiger charge is -2.37. The second-order valence-corrected chi connectivity index (χ2v) is 6.43. The molecule has 6 heteroatoms. The molecule has 2 atom stereocenters. The van der Waals surface area contributed by atoms with Gasteiger partial charge in [0.15, 0.2) is 0 Å². The van der Waals surface area contributed by atoms with Gasteiger partial charge >= 0.3 is 0 Å². The largest absolute Gasteiger partial charge is 0.367 e. The summed E-state index contributed by atoms with van der Waals surface area (Å²) in [5.74, 6) is 0.666. The van der Waals surface area contributed by atoms with E-state index in [0.29, 0.717) is 24.5 Å². The molecule has 6 nitrogen and oxygen atoms in total. The normalized spacial score (nSPS) is 20.1. The molecule has 3 aromatic rings. The summed E-state index contributed by atoms with van der Waals surface area (Å²) in [5.41, 5.74) is 1.70. The highest BCUT2D eigenvalue weighted by Gasteiger charge is 2.30. The average Bonchev–Trinajstić information content (AvgIpc) is 3.23. The molecule has 1 aliphatic heterocycles. The summed E-state index contributed by atoms with van der Waals surface area (Å²) in [7, 11) is 0. The van der Waals surface area contributed by atoms with Crippen LogP contribution in [0.4, 0.5) is 0 Å². The predicted molar refractivity (Wildman–Crippen MR) is 97.0 cm³/mol. The summed E-state index contributed by atoms with van der Waals surface area (Å²) in [5, 5.41) is 0. The number of benzene rings is 1. The van der Waals surface area contributed by atoms with Crippen molar-refractivity contribution in [1.82, 2.24) is 19.4 Å². The maximum absolute atomic E-state index is 13.1. The van der Waals surface area contributed by atoms with E-state index in [2.05, 4.69) is 9.97 Å². The molecule has 0 radical (unpaired) electrons. The number of ether oxygens (including phenoxy) is 1. The molecule has 0 unspecified atom stereocenters. The van der Waals surface area contributed by atoms with Gasteiger partial charge in [0.25, 0.3) is 5.91 Å². The average molecular weight is 348 g/mol. The first kappa shape index (κ1) is 16.5. The van der Waals surface area contributed by atoms with E-state index in [4.69, 9.17) is 4.74 Å². The number of hydrogen-bond acceptors (Lipinski definition) is 4. The number of morpholine rings is 1. The number of hydrogen-bond donors (Lipinski definition) is 0. The molecule has 2 aromatic heterocycles. The lowest BCUT2D eigenvalue weighted by Crippen LogP contribution is -2.46. The van der Waals surface area contributed by atoms with Crippen LogP contribution in [0.25, 0.3) is 5.82 Å². The third-order valence-corrected chi connectivity index (χ3v) is 4.48. The summed E-state index contributed by atoms with van der Waals surface area (Å²) in [6.07, 6.45) is 6.68. The van der Waals surface area contributed by atoms with Crippen molar-refractivity contribution in [2.75, 3.05) is 13.1 Å². The van der Waals surface area contributed by atoms with Crippen molar-refractivity contribution < 1.29 is 9.53 Å². The highest BCUT2D eigenvalue weighted by atomic mass is 16.5. The van der Waals surface area contributed by atoms with Crippen molar-refractivity contribution in [3.05, 3.63) is 78.5 Å². The minimum absolute atomic E-state index is 0.00940. The predicted octanol–water partition coefficient (Wildman–Crippen LogP) is 2.87. The fourth-order valence-corrected chi connectivity index (χ4v) is 3.24. The Hall–Kier alpha value is -2.99. The van der Waals surface area contributed by atoms with Crippen molar-refractivity contribution in [2.24, 2.45) is 0 Å². The molecule has 1 aromatic carbocycles. The lowest BCUT2D eigenvalue weighted by atomic mass is 10.1. The van der Waals surface area contributed by atoms with Crippen LogP contribution in [0.2, 0.25) is 0 Å². The SMILES string of the molecule is C[C@H]1CN(C(=O)c2ccnc(-n3ccnc3)c2)C[C@@H](c2ccccc2)O1. The first-order valence-corrected chi connectivity index (χ1v) is 8.65. The summed E-state index contributed by atoms with van der Waals surface area (Å²) in [6, 6.07) is 13.6. The summed E-state index contributed by atoms with van der Waals surface area (Å²) in [6.45, 7) is 3.11. The van der Waals surface area contributed by atoms with Crippen LogP contribution in [-0.4, -0.2) is 44.5 Å². The van der Waals surface area contributed by atoms with Crippen LogP contribution in [0.15, 0.2) is 67.4 Å². The zero-order chi connectivity index (χ0) is 17.9. The molecule has 0 aliphatic carbocycles. The molecule has 4 rings (SSSR count). The van der Waals surface area contributed by atoms with Crippen LogP contribution < -0.4 is 0 Å². The van der Waals surface area contributed by atoms with E-state index in [1.165, 1.54) is 0 Å². The van der Waals surface area contributed by atoms with Gasteiger partial charge in [0.2, 0.25) is 0 Å². The Bertz CT molecular complexity index is 880. The van der Waals surface area contributed by atoms with Gasteiger partial charge in [-0.3, -0.25) is 9.36 Å². The van der Waals surface area contributed by atoms with Crippen LogP contribution in [0.3, 0.4) is 0 Å². The number of aromatic nitrogens is 3. The third-order valence-electron chi connectivity index (χ3n) is 4.48. The lowest BCUT2D eigenvalue weighted by molar-refractivity contribution is -0.0691. The zero-order valence-electron chi connectivity index (χ0n) is 14.5. The molecule has 1 saturated heterocycles. The van der Waals surface area contributed by atoms with Crippen LogP contribution in [0.1, 0.15) is 28.9 Å². The number of imidazole rings is 1. The molecule has 132 valence electrons. The van der Waals surface area contributed by atoms with Gasteiger partial charge in [-0.05, 0) is 24.6 Å². The Morgan fingerprint density at radius 1 is 1.15 bits per heavy atom. The van der Waals surface area contributed by atoms with Crippen LogP contribution in [0, 0.1) is 0 Å². The Morgan fingerprint density at radius 2 is 2.00 bits per heavy atom. The fourth-order valence-electron chi connectivity index (χ4n) is 3.24. The van der Waals surface area contributed by atoms with E-state index in [0.717, 1.165) is 5.56 Å². The van der Waals surface area contributed by atoms with Gasteiger partial charge in [-0.15, -0.1) is 0 Å². The fraction of sp³-hybridized carbons (Fsp3) is 0.250. The molecule has 1 amide bonds. The van der Waals surface area contributed by atoms with Crippen molar-refractivity contribution in [3.8, 4) is 5.82 Å². The number of rotatable bonds is 3. The Balaban J connectivity index is 1.57. The van der Waals surface area contributed by atoms with E-state index < -0.39 is 0 Å².